The van der Waals surface area contributed by atoms with Gasteiger partial charge in [0.2, 0.25) is 0 Å². The zero-order valence-corrected chi connectivity index (χ0v) is 13.1. The predicted molar refractivity (Wildman–Crippen MR) is 87.5 cm³/mol. The van der Waals surface area contributed by atoms with E-state index in [1.165, 1.54) is 18.4 Å². The minimum Gasteiger partial charge on any atom is -0.379 e. The van der Waals surface area contributed by atoms with Crippen molar-refractivity contribution >= 4 is 5.96 Å². The van der Waals surface area contributed by atoms with Gasteiger partial charge in [0, 0.05) is 13.2 Å². The molecule has 2 N–H and O–H groups in total. The SMILES string of the molecule is CCNC(=NCCOCC1CC1)NC(C)c1ccccc1. The van der Waals surface area contributed by atoms with Crippen molar-refractivity contribution in [2.24, 2.45) is 10.9 Å². The number of hydrogen-bond donors (Lipinski definition) is 2. The van der Waals surface area contributed by atoms with Crippen molar-refractivity contribution in [3.05, 3.63) is 35.9 Å². The molecule has 0 saturated heterocycles. The molecule has 4 heteroatoms. The van der Waals surface area contributed by atoms with Gasteiger partial charge in [0.1, 0.15) is 0 Å². The van der Waals surface area contributed by atoms with Gasteiger partial charge in [0.15, 0.2) is 5.96 Å². The first-order chi connectivity index (χ1) is 10.3. The molecule has 0 aliphatic heterocycles. The molecule has 0 aromatic heterocycles. The number of aliphatic imine (C=N–C) groups is 1. The van der Waals surface area contributed by atoms with Crippen LogP contribution in [-0.4, -0.2) is 32.3 Å². The van der Waals surface area contributed by atoms with E-state index in [9.17, 15) is 0 Å². The van der Waals surface area contributed by atoms with Crippen molar-refractivity contribution in [3.63, 3.8) is 0 Å². The maximum Gasteiger partial charge on any atom is 0.191 e. The molecule has 1 fully saturated rings. The lowest BCUT2D eigenvalue weighted by atomic mass is 10.1. The van der Waals surface area contributed by atoms with Crippen molar-refractivity contribution < 1.29 is 4.74 Å². The third kappa shape index (κ3) is 6.17. The Kier molecular flexibility index (Phi) is 6.54. The molecule has 2 rings (SSSR count). The van der Waals surface area contributed by atoms with Crippen molar-refractivity contribution in [1.29, 1.82) is 0 Å². The van der Waals surface area contributed by atoms with E-state index in [0.717, 1.165) is 25.0 Å². The monoisotopic (exact) mass is 289 g/mol. The number of nitrogens with zero attached hydrogens (tertiary/aromatic N) is 1. The fourth-order valence-corrected chi connectivity index (χ4v) is 2.11. The molecule has 1 aliphatic carbocycles. The second-order valence-corrected chi connectivity index (χ2v) is 5.56. The van der Waals surface area contributed by atoms with Gasteiger partial charge in [-0.3, -0.25) is 4.99 Å². The van der Waals surface area contributed by atoms with Crippen molar-refractivity contribution in [1.82, 2.24) is 10.6 Å². The number of benzene rings is 1. The quantitative estimate of drug-likeness (QED) is 0.439. The van der Waals surface area contributed by atoms with Crippen LogP contribution in [0.2, 0.25) is 0 Å². The lowest BCUT2D eigenvalue weighted by Gasteiger charge is -2.18. The van der Waals surface area contributed by atoms with E-state index in [-0.39, 0.29) is 6.04 Å². The number of ether oxygens (including phenoxy) is 1. The van der Waals surface area contributed by atoms with E-state index in [4.69, 9.17) is 4.74 Å². The Morgan fingerprint density at radius 3 is 2.76 bits per heavy atom. The van der Waals surface area contributed by atoms with E-state index in [0.29, 0.717) is 13.2 Å². The second-order valence-electron chi connectivity index (χ2n) is 5.56. The largest absolute Gasteiger partial charge is 0.379 e. The molecule has 4 nitrogen and oxygen atoms in total. The van der Waals surface area contributed by atoms with Crippen LogP contribution in [0, 0.1) is 5.92 Å². The van der Waals surface area contributed by atoms with Crippen LogP contribution in [0.15, 0.2) is 35.3 Å². The van der Waals surface area contributed by atoms with E-state index < -0.39 is 0 Å². The maximum absolute atomic E-state index is 5.61. The summed E-state index contributed by atoms with van der Waals surface area (Å²) in [4.78, 5) is 4.57. The van der Waals surface area contributed by atoms with E-state index in [1.54, 1.807) is 0 Å². The van der Waals surface area contributed by atoms with Crippen LogP contribution in [0.1, 0.15) is 38.3 Å². The van der Waals surface area contributed by atoms with Gasteiger partial charge < -0.3 is 15.4 Å². The smallest absolute Gasteiger partial charge is 0.191 e. The molecule has 0 heterocycles. The first kappa shape index (κ1) is 15.8. The molecule has 1 unspecified atom stereocenters. The fourth-order valence-electron chi connectivity index (χ4n) is 2.11. The second kappa shape index (κ2) is 8.67. The summed E-state index contributed by atoms with van der Waals surface area (Å²) < 4.78 is 5.61. The normalized spacial score (nSPS) is 16.6. The summed E-state index contributed by atoms with van der Waals surface area (Å²) in [5.41, 5.74) is 1.26. The van der Waals surface area contributed by atoms with Gasteiger partial charge in [-0.05, 0) is 38.2 Å². The summed E-state index contributed by atoms with van der Waals surface area (Å²) in [7, 11) is 0. The Balaban J connectivity index is 1.76. The summed E-state index contributed by atoms with van der Waals surface area (Å²) in [6, 6.07) is 10.6. The van der Waals surface area contributed by atoms with Crippen LogP contribution in [0.3, 0.4) is 0 Å². The van der Waals surface area contributed by atoms with E-state index in [2.05, 4.69) is 53.7 Å². The molecule has 1 aliphatic rings. The lowest BCUT2D eigenvalue weighted by molar-refractivity contribution is 0.131. The average Bonchev–Trinajstić information content (AvgIpc) is 3.32. The topological polar surface area (TPSA) is 45.7 Å². The van der Waals surface area contributed by atoms with Crippen LogP contribution < -0.4 is 10.6 Å². The Morgan fingerprint density at radius 2 is 2.10 bits per heavy atom. The van der Waals surface area contributed by atoms with Gasteiger partial charge >= 0.3 is 0 Å². The Morgan fingerprint density at radius 1 is 1.33 bits per heavy atom. The Labute approximate surface area is 128 Å². The zero-order chi connectivity index (χ0) is 14.9. The maximum atomic E-state index is 5.61. The molecular weight excluding hydrogens is 262 g/mol. The highest BCUT2D eigenvalue weighted by molar-refractivity contribution is 5.80. The van der Waals surface area contributed by atoms with Gasteiger partial charge in [0.25, 0.3) is 0 Å². The molecule has 0 amide bonds. The molecule has 0 bridgehead atoms. The molecule has 21 heavy (non-hydrogen) atoms. The molecule has 0 radical (unpaired) electrons. The lowest BCUT2D eigenvalue weighted by Crippen LogP contribution is -2.39. The third-order valence-electron chi connectivity index (χ3n) is 3.55. The summed E-state index contributed by atoms with van der Waals surface area (Å²) >= 11 is 0. The Hall–Kier alpha value is -1.55. The highest BCUT2D eigenvalue weighted by Crippen LogP contribution is 2.28. The van der Waals surface area contributed by atoms with E-state index in [1.807, 2.05) is 6.07 Å². The number of nitrogens with one attached hydrogen (secondary N) is 2. The van der Waals surface area contributed by atoms with Crippen LogP contribution in [-0.2, 0) is 4.74 Å². The number of guanidine groups is 1. The van der Waals surface area contributed by atoms with Crippen molar-refractivity contribution in [2.75, 3.05) is 26.3 Å². The molecule has 1 saturated carbocycles. The number of rotatable bonds is 8. The van der Waals surface area contributed by atoms with Gasteiger partial charge in [-0.15, -0.1) is 0 Å². The summed E-state index contributed by atoms with van der Waals surface area (Å²) in [5, 5.41) is 6.71. The van der Waals surface area contributed by atoms with Crippen LogP contribution in [0.5, 0.6) is 0 Å². The third-order valence-corrected chi connectivity index (χ3v) is 3.55. The molecule has 1 aromatic rings. The standard InChI is InChI=1S/C17H27N3O/c1-3-18-17(19-11-12-21-13-15-9-10-15)20-14(2)16-7-5-4-6-8-16/h4-8,14-15H,3,9-13H2,1-2H3,(H2,18,19,20). The predicted octanol–water partition coefficient (Wildman–Crippen LogP) is 2.73. The molecule has 1 atom stereocenters. The van der Waals surface area contributed by atoms with Gasteiger partial charge in [0.05, 0.1) is 19.2 Å². The van der Waals surface area contributed by atoms with Crippen LogP contribution in [0.25, 0.3) is 0 Å². The van der Waals surface area contributed by atoms with Crippen LogP contribution >= 0.6 is 0 Å². The summed E-state index contributed by atoms with van der Waals surface area (Å²) in [5.74, 6) is 1.67. The molecule has 1 aromatic carbocycles. The van der Waals surface area contributed by atoms with Crippen molar-refractivity contribution in [3.8, 4) is 0 Å². The molecule has 116 valence electrons. The van der Waals surface area contributed by atoms with E-state index >= 15 is 0 Å². The first-order valence-electron chi connectivity index (χ1n) is 7.97. The highest BCUT2D eigenvalue weighted by Gasteiger charge is 2.20. The van der Waals surface area contributed by atoms with Crippen LogP contribution in [0.4, 0.5) is 0 Å². The highest BCUT2D eigenvalue weighted by atomic mass is 16.5. The average molecular weight is 289 g/mol. The van der Waals surface area contributed by atoms with Gasteiger partial charge in [-0.25, -0.2) is 0 Å². The zero-order valence-electron chi connectivity index (χ0n) is 13.1. The minimum absolute atomic E-state index is 0.233. The first-order valence-corrected chi connectivity index (χ1v) is 7.97. The molecular formula is C17H27N3O. The van der Waals surface area contributed by atoms with Gasteiger partial charge in [-0.1, -0.05) is 30.3 Å². The Bertz CT molecular complexity index is 429. The minimum atomic E-state index is 0.233. The van der Waals surface area contributed by atoms with Crippen molar-refractivity contribution in [2.45, 2.75) is 32.7 Å². The van der Waals surface area contributed by atoms with Gasteiger partial charge in [-0.2, -0.15) is 0 Å². The fraction of sp³-hybridized carbons (Fsp3) is 0.588. The molecule has 0 spiro atoms. The summed E-state index contributed by atoms with van der Waals surface area (Å²) in [6.07, 6.45) is 2.67. The summed E-state index contributed by atoms with van der Waals surface area (Å²) in [6.45, 7) is 7.38. The number of hydrogen-bond acceptors (Lipinski definition) is 2.